The third kappa shape index (κ3) is 2.98. The van der Waals surface area contributed by atoms with Crippen molar-refractivity contribution in [3.05, 3.63) is 35.4 Å². The summed E-state index contributed by atoms with van der Waals surface area (Å²) in [5.41, 5.74) is 0.521. The van der Waals surface area contributed by atoms with E-state index in [0.717, 1.165) is 6.26 Å². The molecule has 0 radical (unpaired) electrons. The Bertz CT molecular complexity index is 589. The first-order valence-corrected chi connectivity index (χ1v) is 7.17. The zero-order chi connectivity index (χ0) is 14.0. The number of carbonyl (C=O) groups excluding carboxylic acids is 2. The number of hydroxylamine groups is 2. The second-order valence-corrected chi connectivity index (χ2v) is 5.45. The number of carbonyl (C=O) groups is 2. The van der Waals surface area contributed by atoms with Crippen molar-refractivity contribution in [2.45, 2.75) is 0 Å². The van der Waals surface area contributed by atoms with Crippen LogP contribution in [0.4, 0.5) is 0 Å². The van der Waals surface area contributed by atoms with E-state index < -0.39 is 21.9 Å². The minimum atomic E-state index is -3.57. The molecule has 0 bridgehead atoms. The first kappa shape index (κ1) is 13.7. The fraction of sp³-hybridized carbons (Fsp3) is 0.273. The average molecular weight is 285 g/mol. The summed E-state index contributed by atoms with van der Waals surface area (Å²) in [4.78, 5) is 28.6. The van der Waals surface area contributed by atoms with Gasteiger partial charge in [0, 0.05) is 0 Å². The van der Waals surface area contributed by atoms with E-state index in [2.05, 4.69) is 4.18 Å². The number of hydrogen-bond acceptors (Lipinski definition) is 6. The van der Waals surface area contributed by atoms with Crippen LogP contribution in [-0.4, -0.2) is 44.8 Å². The lowest BCUT2D eigenvalue weighted by atomic mass is 10.1. The Morgan fingerprint density at radius 1 is 1.05 bits per heavy atom. The molecule has 8 heteroatoms. The lowest BCUT2D eigenvalue weighted by Gasteiger charge is -2.12. The minimum absolute atomic E-state index is 0.224. The molecule has 1 aromatic carbocycles. The van der Waals surface area contributed by atoms with Crippen molar-refractivity contribution in [1.82, 2.24) is 5.06 Å². The number of benzene rings is 1. The molecule has 19 heavy (non-hydrogen) atoms. The first-order chi connectivity index (χ1) is 8.90. The van der Waals surface area contributed by atoms with Gasteiger partial charge in [0.15, 0.2) is 0 Å². The highest BCUT2D eigenvalue weighted by atomic mass is 32.2. The Hall–Kier alpha value is -1.77. The third-order valence-corrected chi connectivity index (χ3v) is 2.95. The number of fused-ring (bicyclic) bond motifs is 1. The molecular weight excluding hydrogens is 274 g/mol. The fourth-order valence-corrected chi connectivity index (χ4v) is 1.97. The van der Waals surface area contributed by atoms with Gasteiger partial charge in [-0.2, -0.15) is 8.42 Å². The summed E-state index contributed by atoms with van der Waals surface area (Å²) >= 11 is 0. The fourth-order valence-electron chi connectivity index (χ4n) is 1.60. The van der Waals surface area contributed by atoms with Gasteiger partial charge in [0.05, 0.1) is 24.0 Å². The predicted octanol–water partition coefficient (Wildman–Crippen LogP) is 0.190. The molecule has 1 aliphatic rings. The molecule has 0 aromatic heterocycles. The van der Waals surface area contributed by atoms with Gasteiger partial charge in [0.1, 0.15) is 6.61 Å². The Morgan fingerprint density at radius 3 is 2.05 bits per heavy atom. The van der Waals surface area contributed by atoms with Crippen LogP contribution in [-0.2, 0) is 19.1 Å². The second-order valence-electron chi connectivity index (χ2n) is 3.81. The second kappa shape index (κ2) is 5.08. The molecule has 1 heterocycles. The molecule has 0 atom stereocenters. The molecule has 1 aromatic rings. The quantitative estimate of drug-likeness (QED) is 0.436. The van der Waals surface area contributed by atoms with Crippen LogP contribution in [0.1, 0.15) is 20.7 Å². The van der Waals surface area contributed by atoms with Gasteiger partial charge < -0.3 is 0 Å². The van der Waals surface area contributed by atoms with E-state index in [1.54, 1.807) is 12.1 Å². The van der Waals surface area contributed by atoms with Gasteiger partial charge in [0.25, 0.3) is 21.9 Å². The molecule has 7 nitrogen and oxygen atoms in total. The van der Waals surface area contributed by atoms with Crippen LogP contribution in [0.3, 0.4) is 0 Å². The van der Waals surface area contributed by atoms with E-state index in [1.807, 2.05) is 0 Å². The molecule has 0 N–H and O–H groups in total. The van der Waals surface area contributed by atoms with Crippen molar-refractivity contribution in [3.8, 4) is 0 Å². The summed E-state index contributed by atoms with van der Waals surface area (Å²) in [5.74, 6) is -1.14. The van der Waals surface area contributed by atoms with E-state index in [0.29, 0.717) is 5.06 Å². The molecule has 102 valence electrons. The highest BCUT2D eigenvalue weighted by Gasteiger charge is 2.36. The van der Waals surface area contributed by atoms with Crippen LogP contribution in [0, 0.1) is 0 Å². The number of imide groups is 1. The van der Waals surface area contributed by atoms with Crippen LogP contribution in [0.25, 0.3) is 0 Å². The maximum atomic E-state index is 11.8. The van der Waals surface area contributed by atoms with Crippen LogP contribution in [0.2, 0.25) is 0 Å². The van der Waals surface area contributed by atoms with Gasteiger partial charge in [-0.15, -0.1) is 5.06 Å². The van der Waals surface area contributed by atoms with Gasteiger partial charge in [-0.3, -0.25) is 18.6 Å². The highest BCUT2D eigenvalue weighted by Crippen LogP contribution is 2.22. The van der Waals surface area contributed by atoms with E-state index in [9.17, 15) is 18.0 Å². The SMILES string of the molecule is CS(=O)(=O)OCCON1C(=O)c2ccccc2C1=O. The molecule has 0 fully saturated rings. The summed E-state index contributed by atoms with van der Waals surface area (Å²) in [6.07, 6.45) is 0.898. The molecule has 0 saturated heterocycles. The van der Waals surface area contributed by atoms with Gasteiger partial charge in [-0.05, 0) is 12.1 Å². The lowest BCUT2D eigenvalue weighted by Crippen LogP contribution is -2.31. The average Bonchev–Trinajstić information content (AvgIpc) is 2.58. The molecule has 0 spiro atoms. The van der Waals surface area contributed by atoms with Gasteiger partial charge in [-0.25, -0.2) is 0 Å². The number of nitrogens with zero attached hydrogens (tertiary/aromatic N) is 1. The van der Waals surface area contributed by atoms with Gasteiger partial charge >= 0.3 is 0 Å². The van der Waals surface area contributed by atoms with E-state index >= 15 is 0 Å². The first-order valence-electron chi connectivity index (χ1n) is 5.35. The van der Waals surface area contributed by atoms with Crippen molar-refractivity contribution in [2.75, 3.05) is 19.5 Å². The van der Waals surface area contributed by atoms with Gasteiger partial charge in [0.2, 0.25) is 0 Å². The molecular formula is C11H11NO6S. The number of rotatable bonds is 5. The maximum Gasteiger partial charge on any atom is 0.285 e. The standard InChI is InChI=1S/C11H11NO6S/c1-19(15,16)18-7-6-17-12-10(13)8-4-2-3-5-9(8)11(12)14/h2-5H,6-7H2,1H3. The third-order valence-electron chi connectivity index (χ3n) is 2.36. The Morgan fingerprint density at radius 2 is 1.58 bits per heavy atom. The largest absolute Gasteiger partial charge is 0.285 e. The summed E-state index contributed by atoms with van der Waals surface area (Å²) < 4.78 is 25.9. The van der Waals surface area contributed by atoms with Crippen molar-refractivity contribution in [3.63, 3.8) is 0 Å². The smallest absolute Gasteiger partial charge is 0.268 e. The van der Waals surface area contributed by atoms with Crippen LogP contribution in [0.5, 0.6) is 0 Å². The summed E-state index contributed by atoms with van der Waals surface area (Å²) in [5, 5.41) is 0.607. The van der Waals surface area contributed by atoms with Crippen molar-refractivity contribution < 1.29 is 27.0 Å². The molecule has 1 aliphatic heterocycles. The van der Waals surface area contributed by atoms with Crippen molar-refractivity contribution in [2.24, 2.45) is 0 Å². The number of hydrogen-bond donors (Lipinski definition) is 0. The molecule has 2 amide bonds. The highest BCUT2D eigenvalue weighted by molar-refractivity contribution is 7.85. The monoisotopic (exact) mass is 285 g/mol. The minimum Gasteiger partial charge on any atom is -0.268 e. The predicted molar refractivity (Wildman–Crippen MR) is 63.7 cm³/mol. The van der Waals surface area contributed by atoms with Crippen LogP contribution in [0.15, 0.2) is 24.3 Å². The zero-order valence-corrected chi connectivity index (χ0v) is 10.8. The topological polar surface area (TPSA) is 90.0 Å². The summed E-state index contributed by atoms with van der Waals surface area (Å²) in [6.45, 7) is -0.495. The number of amides is 2. The lowest BCUT2D eigenvalue weighted by molar-refractivity contribution is -0.0971. The molecule has 2 rings (SSSR count). The van der Waals surface area contributed by atoms with E-state index in [-0.39, 0.29) is 24.3 Å². The summed E-state index contributed by atoms with van der Waals surface area (Å²) in [6, 6.07) is 6.32. The van der Waals surface area contributed by atoms with E-state index in [4.69, 9.17) is 4.84 Å². The Balaban J connectivity index is 1.97. The Labute approximate surface area is 109 Å². The Kier molecular flexibility index (Phi) is 3.65. The normalized spacial score (nSPS) is 14.9. The molecule has 0 aliphatic carbocycles. The zero-order valence-electron chi connectivity index (χ0n) is 10.0. The molecule has 0 saturated carbocycles. The van der Waals surface area contributed by atoms with Gasteiger partial charge in [-0.1, -0.05) is 12.1 Å². The van der Waals surface area contributed by atoms with Crippen molar-refractivity contribution in [1.29, 1.82) is 0 Å². The summed E-state index contributed by atoms with van der Waals surface area (Å²) in [7, 11) is -3.57. The van der Waals surface area contributed by atoms with Crippen molar-refractivity contribution >= 4 is 21.9 Å². The van der Waals surface area contributed by atoms with Crippen LogP contribution >= 0.6 is 0 Å². The van der Waals surface area contributed by atoms with E-state index in [1.165, 1.54) is 12.1 Å². The van der Waals surface area contributed by atoms with Crippen LogP contribution < -0.4 is 0 Å². The maximum absolute atomic E-state index is 11.8. The molecule has 0 unspecified atom stereocenters.